The molecule has 1 aliphatic rings. The normalized spacial score (nSPS) is 13.8. The molecule has 5 heteroatoms. The van der Waals surface area contributed by atoms with E-state index in [9.17, 15) is 4.79 Å². The first-order valence-electron chi connectivity index (χ1n) is 7.10. The van der Waals surface area contributed by atoms with Crippen LogP contribution in [0.15, 0.2) is 12.1 Å². The molecular formula is C16H18N2O3. The van der Waals surface area contributed by atoms with Crippen molar-refractivity contribution in [1.29, 1.82) is 0 Å². The second-order valence-electron chi connectivity index (χ2n) is 5.40. The van der Waals surface area contributed by atoms with Gasteiger partial charge in [-0.2, -0.15) is 5.10 Å². The lowest BCUT2D eigenvalue weighted by molar-refractivity contribution is 0.0690. The molecule has 0 aliphatic heterocycles. The average molecular weight is 286 g/mol. The van der Waals surface area contributed by atoms with Gasteiger partial charge in [0, 0.05) is 5.56 Å². The number of hydrogen-bond acceptors (Lipinski definition) is 3. The molecular weight excluding hydrogens is 268 g/mol. The van der Waals surface area contributed by atoms with Crippen molar-refractivity contribution in [3.8, 4) is 17.0 Å². The van der Waals surface area contributed by atoms with E-state index in [1.165, 1.54) is 24.0 Å². The van der Waals surface area contributed by atoms with E-state index in [2.05, 4.69) is 23.2 Å². The molecule has 1 aromatic heterocycles. The molecule has 1 heterocycles. The van der Waals surface area contributed by atoms with E-state index in [4.69, 9.17) is 9.84 Å². The van der Waals surface area contributed by atoms with Crippen molar-refractivity contribution in [3.63, 3.8) is 0 Å². The van der Waals surface area contributed by atoms with Gasteiger partial charge in [-0.25, -0.2) is 4.79 Å². The van der Waals surface area contributed by atoms with Crippen LogP contribution in [0.2, 0.25) is 0 Å². The minimum absolute atomic E-state index is 0.0872. The van der Waals surface area contributed by atoms with E-state index in [0.717, 1.165) is 29.7 Å². The Morgan fingerprint density at radius 2 is 2.10 bits per heavy atom. The highest BCUT2D eigenvalue weighted by atomic mass is 16.5. The van der Waals surface area contributed by atoms with Gasteiger partial charge in [0.2, 0.25) is 0 Å². The number of fused-ring (bicyclic) bond motifs is 1. The van der Waals surface area contributed by atoms with Crippen molar-refractivity contribution in [3.05, 3.63) is 34.5 Å². The van der Waals surface area contributed by atoms with Crippen LogP contribution in [0.3, 0.4) is 0 Å². The molecule has 0 atom stereocenters. The van der Waals surface area contributed by atoms with E-state index in [-0.39, 0.29) is 5.69 Å². The zero-order valence-corrected chi connectivity index (χ0v) is 12.2. The minimum atomic E-state index is -1.01. The fraction of sp³-hybridized carbons (Fsp3) is 0.375. The summed E-state index contributed by atoms with van der Waals surface area (Å²) in [5.74, 6) is -0.250. The molecule has 5 nitrogen and oxygen atoms in total. The van der Waals surface area contributed by atoms with E-state index in [1.54, 1.807) is 13.2 Å². The number of ether oxygens (including phenoxy) is 1. The lowest BCUT2D eigenvalue weighted by Gasteiger charge is -2.22. The SMILES string of the molecule is COc1cc2c(c(C)c1-c1cc(C(=O)O)[nH]n1)CCCC2. The van der Waals surface area contributed by atoms with Gasteiger partial charge in [-0.15, -0.1) is 0 Å². The first-order chi connectivity index (χ1) is 10.1. The number of methoxy groups -OCH3 is 1. The van der Waals surface area contributed by atoms with Crippen molar-refractivity contribution < 1.29 is 14.6 Å². The molecule has 0 amide bonds. The average Bonchev–Trinajstić information content (AvgIpc) is 2.96. The Kier molecular flexibility index (Phi) is 3.41. The van der Waals surface area contributed by atoms with Crippen LogP contribution in [0.4, 0.5) is 0 Å². The van der Waals surface area contributed by atoms with Crippen molar-refractivity contribution in [2.24, 2.45) is 0 Å². The Bertz CT molecular complexity index is 704. The molecule has 0 fully saturated rings. The summed E-state index contributed by atoms with van der Waals surface area (Å²) < 4.78 is 5.52. The predicted octanol–water partition coefficient (Wildman–Crippen LogP) is 2.97. The number of carboxylic acid groups (broad SMARTS) is 1. The molecule has 2 N–H and O–H groups in total. The molecule has 0 bridgehead atoms. The number of carbonyl (C=O) groups is 1. The molecule has 0 spiro atoms. The van der Waals surface area contributed by atoms with Gasteiger partial charge >= 0.3 is 5.97 Å². The molecule has 110 valence electrons. The number of H-pyrrole nitrogens is 1. The monoisotopic (exact) mass is 286 g/mol. The second kappa shape index (κ2) is 5.24. The molecule has 1 aliphatic carbocycles. The third-order valence-corrected chi connectivity index (χ3v) is 4.17. The largest absolute Gasteiger partial charge is 0.496 e. The molecule has 3 rings (SSSR count). The number of aromatic carboxylic acids is 1. The Hall–Kier alpha value is -2.30. The van der Waals surface area contributed by atoms with Gasteiger partial charge in [0.15, 0.2) is 0 Å². The maximum Gasteiger partial charge on any atom is 0.353 e. The lowest BCUT2D eigenvalue weighted by atomic mass is 9.85. The van der Waals surface area contributed by atoms with Crippen LogP contribution >= 0.6 is 0 Å². The molecule has 0 saturated heterocycles. The van der Waals surface area contributed by atoms with Crippen molar-refractivity contribution in [2.75, 3.05) is 7.11 Å². The van der Waals surface area contributed by atoms with Crippen LogP contribution in [-0.4, -0.2) is 28.4 Å². The number of nitrogens with one attached hydrogen (secondary N) is 1. The van der Waals surface area contributed by atoms with Gasteiger partial charge in [0.1, 0.15) is 11.4 Å². The van der Waals surface area contributed by atoms with Crippen LogP contribution in [0.1, 0.15) is 40.0 Å². The third-order valence-electron chi connectivity index (χ3n) is 4.17. The number of nitrogens with zero attached hydrogens (tertiary/aromatic N) is 1. The van der Waals surface area contributed by atoms with E-state index < -0.39 is 5.97 Å². The fourth-order valence-electron chi connectivity index (χ4n) is 3.12. The Morgan fingerprint density at radius 1 is 1.33 bits per heavy atom. The van der Waals surface area contributed by atoms with Gasteiger partial charge in [0.25, 0.3) is 0 Å². The number of carboxylic acids is 1. The van der Waals surface area contributed by atoms with Crippen molar-refractivity contribution in [2.45, 2.75) is 32.6 Å². The summed E-state index contributed by atoms with van der Waals surface area (Å²) in [6, 6.07) is 3.63. The third kappa shape index (κ3) is 2.28. The summed E-state index contributed by atoms with van der Waals surface area (Å²) in [7, 11) is 1.64. The summed E-state index contributed by atoms with van der Waals surface area (Å²) in [5.41, 5.74) is 5.44. The summed E-state index contributed by atoms with van der Waals surface area (Å²) >= 11 is 0. The van der Waals surface area contributed by atoms with E-state index in [0.29, 0.717) is 5.69 Å². The minimum Gasteiger partial charge on any atom is -0.496 e. The highest BCUT2D eigenvalue weighted by molar-refractivity contribution is 5.87. The van der Waals surface area contributed by atoms with Crippen LogP contribution in [-0.2, 0) is 12.8 Å². The number of aromatic amines is 1. The van der Waals surface area contributed by atoms with Crippen LogP contribution < -0.4 is 4.74 Å². The summed E-state index contributed by atoms with van der Waals surface area (Å²) in [4.78, 5) is 11.0. The number of aryl methyl sites for hydroxylation is 1. The molecule has 0 radical (unpaired) electrons. The summed E-state index contributed by atoms with van der Waals surface area (Å²) in [6.45, 7) is 2.07. The number of aromatic nitrogens is 2. The second-order valence-corrected chi connectivity index (χ2v) is 5.40. The maximum absolute atomic E-state index is 11.0. The smallest absolute Gasteiger partial charge is 0.353 e. The van der Waals surface area contributed by atoms with Gasteiger partial charge in [-0.05, 0) is 61.4 Å². The van der Waals surface area contributed by atoms with Crippen LogP contribution in [0, 0.1) is 6.92 Å². The van der Waals surface area contributed by atoms with Gasteiger partial charge in [-0.3, -0.25) is 5.10 Å². The maximum atomic E-state index is 11.0. The van der Waals surface area contributed by atoms with Gasteiger partial charge < -0.3 is 9.84 Å². The Labute approximate surface area is 123 Å². The van der Waals surface area contributed by atoms with Crippen molar-refractivity contribution in [1.82, 2.24) is 10.2 Å². The van der Waals surface area contributed by atoms with Crippen LogP contribution in [0.5, 0.6) is 5.75 Å². The number of benzene rings is 1. The van der Waals surface area contributed by atoms with Gasteiger partial charge in [-0.1, -0.05) is 0 Å². The quantitative estimate of drug-likeness (QED) is 0.909. The zero-order chi connectivity index (χ0) is 15.0. The lowest BCUT2D eigenvalue weighted by Crippen LogP contribution is -2.07. The highest BCUT2D eigenvalue weighted by Gasteiger charge is 2.21. The highest BCUT2D eigenvalue weighted by Crippen LogP contribution is 2.38. The van der Waals surface area contributed by atoms with E-state index in [1.807, 2.05) is 0 Å². The molecule has 0 unspecified atom stereocenters. The molecule has 2 aromatic rings. The first-order valence-corrected chi connectivity index (χ1v) is 7.10. The first kappa shape index (κ1) is 13.7. The number of rotatable bonds is 3. The number of hydrogen-bond donors (Lipinski definition) is 2. The standard InChI is InChI=1S/C16H18N2O3/c1-9-11-6-4-3-5-10(11)7-14(21-2)15(9)12-8-13(16(19)20)18-17-12/h7-8H,3-6H2,1-2H3,(H,17,18)(H,19,20). The predicted molar refractivity (Wildman–Crippen MR) is 78.9 cm³/mol. The van der Waals surface area contributed by atoms with E-state index >= 15 is 0 Å². The zero-order valence-electron chi connectivity index (χ0n) is 12.2. The molecule has 0 saturated carbocycles. The van der Waals surface area contributed by atoms with Crippen molar-refractivity contribution >= 4 is 5.97 Å². The van der Waals surface area contributed by atoms with Gasteiger partial charge in [0.05, 0.1) is 12.8 Å². The topological polar surface area (TPSA) is 75.2 Å². The Morgan fingerprint density at radius 3 is 2.76 bits per heavy atom. The Balaban J connectivity index is 2.18. The van der Waals surface area contributed by atoms with Crippen LogP contribution in [0.25, 0.3) is 11.3 Å². The summed E-state index contributed by atoms with van der Waals surface area (Å²) in [5, 5.41) is 15.7. The molecule has 1 aromatic carbocycles. The summed E-state index contributed by atoms with van der Waals surface area (Å²) in [6.07, 6.45) is 4.54. The molecule has 21 heavy (non-hydrogen) atoms. The fourth-order valence-corrected chi connectivity index (χ4v) is 3.12.